The van der Waals surface area contributed by atoms with Crippen molar-refractivity contribution in [2.24, 2.45) is 0 Å². The van der Waals surface area contributed by atoms with E-state index >= 15 is 0 Å². The van der Waals surface area contributed by atoms with Gasteiger partial charge in [0, 0.05) is 19.4 Å². The molecule has 3 heteroatoms. The Hall–Kier alpha value is -1.53. The number of ether oxygens (including phenoxy) is 1. The van der Waals surface area contributed by atoms with Crippen LogP contribution >= 0.6 is 0 Å². The van der Waals surface area contributed by atoms with Gasteiger partial charge in [-0.2, -0.15) is 5.26 Å². The van der Waals surface area contributed by atoms with Crippen molar-refractivity contribution in [3.05, 3.63) is 29.3 Å². The minimum Gasteiger partial charge on any atom is -0.398 e. The van der Waals surface area contributed by atoms with E-state index < -0.39 is 0 Å². The zero-order valence-electron chi connectivity index (χ0n) is 8.29. The summed E-state index contributed by atoms with van der Waals surface area (Å²) < 4.78 is 4.96. The first-order valence-corrected chi connectivity index (χ1v) is 4.55. The summed E-state index contributed by atoms with van der Waals surface area (Å²) in [6.07, 6.45) is 1.85. The lowest BCUT2D eigenvalue weighted by atomic mass is 10.1. The molecule has 0 unspecified atom stereocenters. The van der Waals surface area contributed by atoms with E-state index in [2.05, 4.69) is 6.07 Å². The molecule has 14 heavy (non-hydrogen) atoms. The number of nitriles is 1. The summed E-state index contributed by atoms with van der Waals surface area (Å²) in [5.74, 6) is 0. The van der Waals surface area contributed by atoms with Gasteiger partial charge in [-0.25, -0.2) is 0 Å². The Balaban J connectivity index is 2.65. The highest BCUT2D eigenvalue weighted by Crippen LogP contribution is 2.15. The van der Waals surface area contributed by atoms with Crippen LogP contribution in [0.4, 0.5) is 5.69 Å². The maximum absolute atomic E-state index is 8.64. The lowest BCUT2D eigenvalue weighted by molar-refractivity contribution is 0.195. The molecule has 1 aromatic rings. The van der Waals surface area contributed by atoms with Crippen LogP contribution < -0.4 is 5.73 Å². The van der Waals surface area contributed by atoms with Crippen molar-refractivity contribution in [3.8, 4) is 6.07 Å². The molecular weight excluding hydrogens is 176 g/mol. The predicted octanol–water partition coefficient (Wildman–Crippen LogP) is 1.72. The molecule has 0 spiro atoms. The van der Waals surface area contributed by atoms with Gasteiger partial charge < -0.3 is 10.5 Å². The highest BCUT2D eigenvalue weighted by atomic mass is 16.5. The van der Waals surface area contributed by atoms with Gasteiger partial charge in [0.1, 0.15) is 0 Å². The quantitative estimate of drug-likeness (QED) is 0.581. The number of hydrogen-bond acceptors (Lipinski definition) is 3. The summed E-state index contributed by atoms with van der Waals surface area (Å²) in [4.78, 5) is 0. The van der Waals surface area contributed by atoms with E-state index in [9.17, 15) is 0 Å². The Bertz CT molecular complexity index is 342. The van der Waals surface area contributed by atoms with Gasteiger partial charge in [0.05, 0.1) is 11.6 Å². The molecule has 1 rings (SSSR count). The molecule has 0 saturated carbocycles. The average Bonchev–Trinajstić information content (AvgIpc) is 2.20. The molecular formula is C11H14N2O. The van der Waals surface area contributed by atoms with E-state index in [-0.39, 0.29) is 0 Å². The molecule has 0 radical (unpaired) electrons. The van der Waals surface area contributed by atoms with Crippen LogP contribution in [0.1, 0.15) is 17.5 Å². The van der Waals surface area contributed by atoms with Gasteiger partial charge in [-0.1, -0.05) is 6.07 Å². The number of nitrogens with two attached hydrogens (primary N) is 1. The Morgan fingerprint density at radius 1 is 1.50 bits per heavy atom. The molecule has 0 saturated heterocycles. The molecule has 0 fully saturated rings. The normalized spacial score (nSPS) is 9.71. The third kappa shape index (κ3) is 2.75. The molecule has 2 N–H and O–H groups in total. The first-order valence-electron chi connectivity index (χ1n) is 4.55. The van der Waals surface area contributed by atoms with Crippen LogP contribution in [0.3, 0.4) is 0 Å². The number of nitrogen functional groups attached to an aromatic ring is 1. The minimum atomic E-state index is 0.609. The fraction of sp³-hybridized carbons (Fsp3) is 0.364. The van der Waals surface area contributed by atoms with Crippen molar-refractivity contribution in [3.63, 3.8) is 0 Å². The topological polar surface area (TPSA) is 59.0 Å². The van der Waals surface area contributed by atoms with Gasteiger partial charge in [-0.05, 0) is 30.5 Å². The lowest BCUT2D eigenvalue weighted by Gasteiger charge is -2.05. The number of nitrogens with zero attached hydrogens (tertiary/aromatic N) is 1. The van der Waals surface area contributed by atoms with Crippen LogP contribution in [0.2, 0.25) is 0 Å². The molecule has 0 heterocycles. The van der Waals surface area contributed by atoms with Crippen LogP contribution in [0.15, 0.2) is 18.2 Å². The van der Waals surface area contributed by atoms with Gasteiger partial charge in [-0.15, -0.1) is 0 Å². The molecule has 74 valence electrons. The first kappa shape index (κ1) is 10.6. The average molecular weight is 190 g/mol. The lowest BCUT2D eigenvalue weighted by Crippen LogP contribution is -1.98. The molecule has 0 atom stereocenters. The molecule has 1 aromatic carbocycles. The molecule has 0 aliphatic carbocycles. The maximum Gasteiger partial charge on any atom is 0.0992 e. The summed E-state index contributed by atoms with van der Waals surface area (Å²) in [6, 6.07) is 7.46. The van der Waals surface area contributed by atoms with Crippen molar-refractivity contribution in [2.45, 2.75) is 12.8 Å². The monoisotopic (exact) mass is 190 g/mol. The number of hydrogen-bond donors (Lipinski definition) is 1. The van der Waals surface area contributed by atoms with Gasteiger partial charge >= 0.3 is 0 Å². The highest BCUT2D eigenvalue weighted by Gasteiger charge is 2.00. The fourth-order valence-corrected chi connectivity index (χ4v) is 1.30. The SMILES string of the molecule is COCCCc1ccc(C#N)cc1N. The summed E-state index contributed by atoms with van der Waals surface area (Å²) in [5.41, 5.74) is 8.18. The van der Waals surface area contributed by atoms with Gasteiger partial charge in [0.2, 0.25) is 0 Å². The van der Waals surface area contributed by atoms with E-state index in [0.717, 1.165) is 25.0 Å². The second-order valence-electron chi connectivity index (χ2n) is 3.12. The first-order chi connectivity index (χ1) is 6.77. The summed E-state index contributed by atoms with van der Waals surface area (Å²) in [7, 11) is 1.68. The molecule has 0 bridgehead atoms. The van der Waals surface area contributed by atoms with Crippen LogP contribution in [0, 0.1) is 11.3 Å². The highest BCUT2D eigenvalue weighted by molar-refractivity contribution is 5.52. The molecule has 0 aliphatic heterocycles. The molecule has 0 amide bonds. The predicted molar refractivity (Wildman–Crippen MR) is 55.8 cm³/mol. The van der Waals surface area contributed by atoms with Crippen LogP contribution in [-0.2, 0) is 11.2 Å². The summed E-state index contributed by atoms with van der Waals surface area (Å²) in [5, 5.41) is 8.64. The summed E-state index contributed by atoms with van der Waals surface area (Å²) >= 11 is 0. The smallest absolute Gasteiger partial charge is 0.0992 e. The maximum atomic E-state index is 8.64. The Kier molecular flexibility index (Phi) is 3.96. The Morgan fingerprint density at radius 3 is 2.86 bits per heavy atom. The second kappa shape index (κ2) is 5.25. The van der Waals surface area contributed by atoms with Gasteiger partial charge in [0.15, 0.2) is 0 Å². The van der Waals surface area contributed by atoms with Crippen molar-refractivity contribution >= 4 is 5.69 Å². The number of rotatable bonds is 4. The fourth-order valence-electron chi connectivity index (χ4n) is 1.30. The van der Waals surface area contributed by atoms with E-state index in [4.69, 9.17) is 15.7 Å². The van der Waals surface area contributed by atoms with E-state index in [0.29, 0.717) is 11.3 Å². The number of methoxy groups -OCH3 is 1. The zero-order valence-corrected chi connectivity index (χ0v) is 8.29. The van der Waals surface area contributed by atoms with Crippen molar-refractivity contribution in [1.82, 2.24) is 0 Å². The van der Waals surface area contributed by atoms with Crippen molar-refractivity contribution in [2.75, 3.05) is 19.5 Å². The minimum absolute atomic E-state index is 0.609. The Labute approximate surface area is 84.1 Å². The molecule has 3 nitrogen and oxygen atoms in total. The largest absolute Gasteiger partial charge is 0.398 e. The van der Waals surface area contributed by atoms with Crippen LogP contribution in [0.25, 0.3) is 0 Å². The number of benzene rings is 1. The zero-order chi connectivity index (χ0) is 10.4. The molecule has 0 aliphatic rings. The number of aryl methyl sites for hydroxylation is 1. The van der Waals surface area contributed by atoms with Crippen molar-refractivity contribution < 1.29 is 4.74 Å². The second-order valence-corrected chi connectivity index (χ2v) is 3.12. The summed E-state index contributed by atoms with van der Waals surface area (Å²) in [6.45, 7) is 0.736. The third-order valence-corrected chi connectivity index (χ3v) is 2.07. The van der Waals surface area contributed by atoms with Crippen LogP contribution in [0.5, 0.6) is 0 Å². The van der Waals surface area contributed by atoms with Gasteiger partial charge in [0.25, 0.3) is 0 Å². The molecule has 0 aromatic heterocycles. The standard InChI is InChI=1S/C11H14N2O/c1-14-6-2-3-10-5-4-9(8-12)7-11(10)13/h4-5,7H,2-3,6,13H2,1H3. The van der Waals surface area contributed by atoms with Crippen molar-refractivity contribution in [1.29, 1.82) is 5.26 Å². The third-order valence-electron chi connectivity index (χ3n) is 2.07. The van der Waals surface area contributed by atoms with E-state index in [1.807, 2.05) is 6.07 Å². The van der Waals surface area contributed by atoms with Crippen LogP contribution in [-0.4, -0.2) is 13.7 Å². The van der Waals surface area contributed by atoms with E-state index in [1.54, 1.807) is 19.2 Å². The van der Waals surface area contributed by atoms with E-state index in [1.165, 1.54) is 0 Å². The Morgan fingerprint density at radius 2 is 2.29 bits per heavy atom. The van der Waals surface area contributed by atoms with Gasteiger partial charge in [-0.3, -0.25) is 0 Å². The number of anilines is 1.